The van der Waals surface area contributed by atoms with Gasteiger partial charge in [0, 0.05) is 19.4 Å². The lowest BCUT2D eigenvalue weighted by Crippen LogP contribution is -2.09. The van der Waals surface area contributed by atoms with Gasteiger partial charge in [-0.3, -0.25) is 4.79 Å². The minimum atomic E-state index is -0.138. The molecule has 1 aromatic heterocycles. The third kappa shape index (κ3) is 6.48. The number of nitrogen functional groups attached to an aromatic ring is 2. The summed E-state index contributed by atoms with van der Waals surface area (Å²) in [6.45, 7) is 0.0566. The van der Waals surface area contributed by atoms with Crippen LogP contribution in [0.25, 0.3) is 0 Å². The van der Waals surface area contributed by atoms with E-state index >= 15 is 0 Å². The highest BCUT2D eigenvalue weighted by Crippen LogP contribution is 2.19. The lowest BCUT2D eigenvalue weighted by Gasteiger charge is -2.07. The number of carbonyl (C=O) groups excluding carboxylic acids is 1. The molecular weight excluding hydrogens is 281 g/mol. The van der Waals surface area contributed by atoms with Gasteiger partial charge in [0.2, 0.25) is 5.88 Å². The molecule has 0 saturated carbocycles. The summed E-state index contributed by atoms with van der Waals surface area (Å²) in [5.41, 5.74) is 11.9. The van der Waals surface area contributed by atoms with E-state index in [2.05, 4.69) is 4.98 Å². The molecule has 0 amide bonds. The fourth-order valence-corrected chi connectivity index (χ4v) is 1.12. The Kier molecular flexibility index (Phi) is 10.4. The van der Waals surface area contributed by atoms with Crippen molar-refractivity contribution in [1.29, 1.82) is 0 Å². The van der Waals surface area contributed by atoms with E-state index in [0.717, 1.165) is 0 Å². The smallest absolute Gasteiger partial charge is 0.237 e. The first kappa shape index (κ1) is 19.1. The van der Waals surface area contributed by atoms with Crippen molar-refractivity contribution >= 4 is 42.0 Å². The van der Waals surface area contributed by atoms with Crippen molar-refractivity contribution < 1.29 is 14.6 Å². The van der Waals surface area contributed by atoms with Gasteiger partial charge in [-0.05, 0) is 6.07 Å². The van der Waals surface area contributed by atoms with E-state index < -0.39 is 0 Å². The Hall–Kier alpha value is -1.24. The zero-order valence-corrected chi connectivity index (χ0v) is 11.3. The molecule has 0 aliphatic heterocycles. The maximum absolute atomic E-state index is 11.1. The predicted octanol–water partition coefficient (Wildman–Crippen LogP) is 0.810. The van der Waals surface area contributed by atoms with Crippen LogP contribution >= 0.6 is 24.8 Å². The highest BCUT2D eigenvalue weighted by Gasteiger charge is 2.05. The Balaban J connectivity index is 0. The van der Waals surface area contributed by atoms with Crippen molar-refractivity contribution in [3.8, 4) is 5.88 Å². The van der Waals surface area contributed by atoms with Gasteiger partial charge in [0.1, 0.15) is 5.78 Å². The number of aromatic nitrogens is 1. The number of hydrogen-bond acceptors (Lipinski definition) is 6. The molecule has 0 aliphatic carbocycles. The van der Waals surface area contributed by atoms with Gasteiger partial charge >= 0.3 is 0 Å². The first-order chi connectivity index (χ1) is 7.63. The van der Waals surface area contributed by atoms with Gasteiger partial charge < -0.3 is 21.3 Å². The molecule has 0 atom stereocenters. The fraction of sp³-hybridized carbons (Fsp3) is 0.400. The van der Waals surface area contributed by atoms with Gasteiger partial charge in [-0.1, -0.05) is 0 Å². The molecule has 1 heterocycles. The maximum Gasteiger partial charge on any atom is 0.237 e. The summed E-state index contributed by atoms with van der Waals surface area (Å²) < 4.78 is 5.21. The summed E-state index contributed by atoms with van der Waals surface area (Å²) >= 11 is 0. The number of Topliss-reactive ketones (excluding diaryl/α,β-unsaturated/α-hetero) is 1. The van der Waals surface area contributed by atoms with E-state index in [0.29, 0.717) is 11.4 Å². The second-order valence-electron chi connectivity index (χ2n) is 3.27. The number of carbonyl (C=O) groups is 1. The molecule has 1 rings (SSSR count). The summed E-state index contributed by atoms with van der Waals surface area (Å²) in [5.74, 6) is 0.211. The molecule has 0 saturated heterocycles. The topological polar surface area (TPSA) is 111 Å². The van der Waals surface area contributed by atoms with Crippen LogP contribution in [0.3, 0.4) is 0 Å². The van der Waals surface area contributed by atoms with Crippen LogP contribution in [-0.4, -0.2) is 29.1 Å². The molecule has 0 aromatic carbocycles. The molecule has 0 aliphatic rings. The third-order valence-corrected chi connectivity index (χ3v) is 1.91. The van der Waals surface area contributed by atoms with E-state index in [4.69, 9.17) is 21.3 Å². The zero-order chi connectivity index (χ0) is 12.0. The molecule has 0 spiro atoms. The van der Waals surface area contributed by atoms with E-state index in [9.17, 15) is 4.79 Å². The van der Waals surface area contributed by atoms with Crippen LogP contribution in [-0.2, 0) is 4.79 Å². The van der Waals surface area contributed by atoms with Crippen LogP contribution in [0.1, 0.15) is 12.8 Å². The number of aliphatic hydroxyl groups excluding tert-OH is 1. The van der Waals surface area contributed by atoms with E-state index in [-0.39, 0.29) is 62.5 Å². The molecule has 8 heteroatoms. The number of pyridine rings is 1. The van der Waals surface area contributed by atoms with Crippen LogP contribution in [0.4, 0.5) is 11.4 Å². The summed E-state index contributed by atoms with van der Waals surface area (Å²) in [6.07, 6.45) is 1.81. The number of nitrogens with two attached hydrogens (primary N) is 2. The molecule has 0 unspecified atom stereocenters. The fourth-order valence-electron chi connectivity index (χ4n) is 1.12. The molecular formula is C10H17Cl2N3O3. The first-order valence-corrected chi connectivity index (χ1v) is 4.90. The number of ketones is 1. The van der Waals surface area contributed by atoms with Gasteiger partial charge in [-0.15, -0.1) is 24.8 Å². The Morgan fingerprint density at radius 3 is 2.56 bits per heavy atom. The monoisotopic (exact) mass is 297 g/mol. The van der Waals surface area contributed by atoms with Gasteiger partial charge in [-0.25, -0.2) is 4.98 Å². The largest absolute Gasteiger partial charge is 0.476 e. The van der Waals surface area contributed by atoms with Gasteiger partial charge in [0.15, 0.2) is 0 Å². The normalized spacial score (nSPS) is 8.94. The van der Waals surface area contributed by atoms with E-state index in [1.807, 2.05) is 0 Å². The Bertz CT molecular complexity index is 377. The average molecular weight is 298 g/mol. The Morgan fingerprint density at radius 2 is 2.00 bits per heavy atom. The molecule has 1 aromatic rings. The lowest BCUT2D eigenvalue weighted by molar-refractivity contribution is -0.120. The number of rotatable bonds is 6. The SMILES string of the molecule is Cl.Cl.Nc1cnc(OCCC(=O)CCO)c(N)c1. The number of hydrogen-bond donors (Lipinski definition) is 3. The molecule has 0 radical (unpaired) electrons. The Labute approximate surface area is 118 Å². The molecule has 0 fully saturated rings. The highest BCUT2D eigenvalue weighted by atomic mass is 35.5. The van der Waals surface area contributed by atoms with Crippen molar-refractivity contribution in [2.75, 3.05) is 24.7 Å². The number of halogens is 2. The summed E-state index contributed by atoms with van der Waals surface area (Å²) in [5, 5.41) is 8.52. The van der Waals surface area contributed by atoms with Crippen molar-refractivity contribution in [2.45, 2.75) is 12.8 Å². The first-order valence-electron chi connectivity index (χ1n) is 4.90. The van der Waals surface area contributed by atoms with Crippen LogP contribution in [0.5, 0.6) is 5.88 Å². The van der Waals surface area contributed by atoms with E-state index in [1.54, 1.807) is 0 Å². The van der Waals surface area contributed by atoms with Crippen LogP contribution in [0.2, 0.25) is 0 Å². The Morgan fingerprint density at radius 1 is 1.33 bits per heavy atom. The van der Waals surface area contributed by atoms with Gasteiger partial charge in [0.25, 0.3) is 0 Å². The van der Waals surface area contributed by atoms with Crippen LogP contribution in [0.15, 0.2) is 12.3 Å². The second kappa shape index (κ2) is 9.76. The molecule has 18 heavy (non-hydrogen) atoms. The third-order valence-electron chi connectivity index (χ3n) is 1.91. The van der Waals surface area contributed by atoms with Crippen LogP contribution < -0.4 is 16.2 Å². The molecule has 6 nitrogen and oxygen atoms in total. The molecule has 0 bridgehead atoms. The quantitative estimate of drug-likeness (QED) is 0.716. The number of nitrogens with zero attached hydrogens (tertiary/aromatic N) is 1. The van der Waals surface area contributed by atoms with Crippen molar-refractivity contribution in [1.82, 2.24) is 4.98 Å². The average Bonchev–Trinajstić information content (AvgIpc) is 2.22. The number of ether oxygens (including phenoxy) is 1. The second-order valence-corrected chi connectivity index (χ2v) is 3.27. The van der Waals surface area contributed by atoms with Crippen molar-refractivity contribution in [3.05, 3.63) is 12.3 Å². The molecule has 5 N–H and O–H groups in total. The molecule has 104 valence electrons. The van der Waals surface area contributed by atoms with Crippen molar-refractivity contribution in [2.24, 2.45) is 0 Å². The standard InChI is InChI=1S/C10H15N3O3.2ClH/c11-7-5-9(12)10(13-6-7)16-4-2-8(15)1-3-14;;/h5-6,14H,1-4,11-12H2;2*1H. The minimum absolute atomic E-state index is 0. The summed E-state index contributed by atoms with van der Waals surface area (Å²) in [4.78, 5) is 14.9. The number of aliphatic hydroxyl groups is 1. The van der Waals surface area contributed by atoms with Gasteiger partial charge in [-0.2, -0.15) is 0 Å². The van der Waals surface area contributed by atoms with E-state index in [1.165, 1.54) is 12.3 Å². The zero-order valence-electron chi connectivity index (χ0n) is 9.67. The summed E-state index contributed by atoms with van der Waals surface area (Å²) in [6, 6.07) is 1.54. The highest BCUT2D eigenvalue weighted by molar-refractivity contribution is 5.85. The van der Waals surface area contributed by atoms with Crippen LogP contribution in [0, 0.1) is 0 Å². The maximum atomic E-state index is 11.1. The van der Waals surface area contributed by atoms with Crippen molar-refractivity contribution in [3.63, 3.8) is 0 Å². The lowest BCUT2D eigenvalue weighted by atomic mass is 10.2. The predicted molar refractivity (Wildman–Crippen MR) is 74.4 cm³/mol. The number of anilines is 2. The minimum Gasteiger partial charge on any atom is -0.476 e. The summed E-state index contributed by atoms with van der Waals surface area (Å²) in [7, 11) is 0. The van der Waals surface area contributed by atoms with Gasteiger partial charge in [0.05, 0.1) is 24.2 Å².